The molecule has 1 unspecified atom stereocenters. The van der Waals surface area contributed by atoms with Crippen LogP contribution in [0.15, 0.2) is 18.2 Å². The lowest BCUT2D eigenvalue weighted by Crippen LogP contribution is -2.15. The Morgan fingerprint density at radius 3 is 3.00 bits per heavy atom. The van der Waals surface area contributed by atoms with Crippen LogP contribution in [0.4, 0.5) is 4.39 Å². The van der Waals surface area contributed by atoms with Crippen molar-refractivity contribution in [1.29, 1.82) is 0 Å². The highest BCUT2D eigenvalue weighted by Crippen LogP contribution is 2.26. The Labute approximate surface area is 82.1 Å². The fourth-order valence-corrected chi connectivity index (χ4v) is 1.93. The van der Waals surface area contributed by atoms with E-state index in [-0.39, 0.29) is 11.6 Å². The first-order valence-corrected chi connectivity index (χ1v) is 4.80. The first-order chi connectivity index (χ1) is 6.83. The zero-order valence-electron chi connectivity index (χ0n) is 7.79. The van der Waals surface area contributed by atoms with E-state index < -0.39 is 5.82 Å². The van der Waals surface area contributed by atoms with Crippen LogP contribution in [0.3, 0.4) is 0 Å². The van der Waals surface area contributed by atoms with Crippen LogP contribution in [0.25, 0.3) is 0 Å². The maximum Gasteiger partial charge on any atom is 0.153 e. The van der Waals surface area contributed by atoms with E-state index >= 15 is 0 Å². The number of nitrogens with one attached hydrogen (secondary N) is 1. The SMILES string of the molecule is O=Cc1c(F)cccc1C1CCCN1. The monoisotopic (exact) mass is 193 g/mol. The van der Waals surface area contributed by atoms with Gasteiger partial charge in [0, 0.05) is 6.04 Å². The van der Waals surface area contributed by atoms with Gasteiger partial charge in [-0.25, -0.2) is 4.39 Å². The molecule has 2 rings (SSSR count). The maximum absolute atomic E-state index is 13.2. The van der Waals surface area contributed by atoms with Gasteiger partial charge in [-0.2, -0.15) is 0 Å². The molecular weight excluding hydrogens is 181 g/mol. The molecule has 1 saturated heterocycles. The first kappa shape index (κ1) is 9.34. The highest BCUT2D eigenvalue weighted by Gasteiger charge is 2.20. The fourth-order valence-electron chi connectivity index (χ4n) is 1.93. The van der Waals surface area contributed by atoms with Gasteiger partial charge in [0.25, 0.3) is 0 Å². The average molecular weight is 193 g/mol. The molecule has 0 saturated carbocycles. The molecule has 1 heterocycles. The zero-order valence-corrected chi connectivity index (χ0v) is 7.79. The quantitative estimate of drug-likeness (QED) is 0.728. The van der Waals surface area contributed by atoms with Crippen LogP contribution in [0.2, 0.25) is 0 Å². The number of rotatable bonds is 2. The van der Waals surface area contributed by atoms with E-state index in [2.05, 4.69) is 5.32 Å². The third-order valence-corrected chi connectivity index (χ3v) is 2.64. The average Bonchev–Trinajstić information content (AvgIpc) is 2.70. The van der Waals surface area contributed by atoms with E-state index in [1.54, 1.807) is 6.07 Å². The molecule has 1 aromatic rings. The third kappa shape index (κ3) is 1.55. The molecular formula is C11H12FNO. The summed E-state index contributed by atoms with van der Waals surface area (Å²) in [4.78, 5) is 10.7. The number of benzene rings is 1. The number of carbonyl (C=O) groups excluding carboxylic acids is 1. The molecule has 1 aliphatic rings. The molecule has 0 radical (unpaired) electrons. The normalized spacial score (nSPS) is 21.1. The van der Waals surface area contributed by atoms with Crippen LogP contribution in [0, 0.1) is 5.82 Å². The summed E-state index contributed by atoms with van der Waals surface area (Å²) in [5.41, 5.74) is 0.990. The summed E-state index contributed by atoms with van der Waals surface area (Å²) in [5.74, 6) is -0.425. The fraction of sp³-hybridized carbons (Fsp3) is 0.364. The smallest absolute Gasteiger partial charge is 0.153 e. The van der Waals surface area contributed by atoms with Crippen LogP contribution in [-0.4, -0.2) is 12.8 Å². The molecule has 2 nitrogen and oxygen atoms in total. The zero-order chi connectivity index (χ0) is 9.97. The molecule has 1 N–H and O–H groups in total. The molecule has 1 atom stereocenters. The number of hydrogen-bond donors (Lipinski definition) is 1. The van der Waals surface area contributed by atoms with Crippen molar-refractivity contribution in [1.82, 2.24) is 5.32 Å². The Bertz CT molecular complexity index is 345. The number of hydrogen-bond acceptors (Lipinski definition) is 2. The van der Waals surface area contributed by atoms with Gasteiger partial charge in [0.15, 0.2) is 6.29 Å². The number of aldehydes is 1. The molecule has 1 fully saturated rings. The molecule has 14 heavy (non-hydrogen) atoms. The van der Waals surface area contributed by atoms with Crippen molar-refractivity contribution < 1.29 is 9.18 Å². The van der Waals surface area contributed by atoms with Crippen LogP contribution >= 0.6 is 0 Å². The van der Waals surface area contributed by atoms with Gasteiger partial charge in [-0.05, 0) is 31.0 Å². The van der Waals surface area contributed by atoms with E-state index in [1.807, 2.05) is 6.07 Å². The summed E-state index contributed by atoms with van der Waals surface area (Å²) in [6.07, 6.45) is 2.66. The van der Waals surface area contributed by atoms with Gasteiger partial charge < -0.3 is 5.32 Å². The van der Waals surface area contributed by atoms with Crippen molar-refractivity contribution in [2.75, 3.05) is 6.54 Å². The van der Waals surface area contributed by atoms with E-state index in [1.165, 1.54) is 6.07 Å². The summed E-state index contributed by atoms with van der Waals surface area (Å²) in [5, 5.41) is 3.25. The molecule has 1 aromatic carbocycles. The van der Waals surface area contributed by atoms with Crippen molar-refractivity contribution in [3.8, 4) is 0 Å². The highest BCUT2D eigenvalue weighted by atomic mass is 19.1. The van der Waals surface area contributed by atoms with Crippen LogP contribution in [-0.2, 0) is 0 Å². The summed E-state index contributed by atoms with van der Waals surface area (Å²) >= 11 is 0. The van der Waals surface area contributed by atoms with Crippen LogP contribution in [0.1, 0.15) is 34.8 Å². The minimum atomic E-state index is -0.425. The van der Waals surface area contributed by atoms with E-state index in [4.69, 9.17) is 0 Å². The lowest BCUT2D eigenvalue weighted by atomic mass is 9.99. The molecule has 0 aliphatic carbocycles. The molecule has 0 amide bonds. The van der Waals surface area contributed by atoms with Crippen molar-refractivity contribution in [3.63, 3.8) is 0 Å². The lowest BCUT2D eigenvalue weighted by molar-refractivity contribution is 0.111. The van der Waals surface area contributed by atoms with Crippen molar-refractivity contribution >= 4 is 6.29 Å². The molecule has 0 spiro atoms. The second kappa shape index (κ2) is 3.88. The van der Waals surface area contributed by atoms with Crippen molar-refractivity contribution in [2.45, 2.75) is 18.9 Å². The Morgan fingerprint density at radius 2 is 2.36 bits per heavy atom. The molecule has 0 aromatic heterocycles. The Morgan fingerprint density at radius 1 is 1.50 bits per heavy atom. The standard InChI is InChI=1S/C11H12FNO/c12-10-4-1-3-8(9(10)7-14)11-5-2-6-13-11/h1,3-4,7,11,13H,2,5-6H2. The van der Waals surface area contributed by atoms with Gasteiger partial charge >= 0.3 is 0 Å². The van der Waals surface area contributed by atoms with Gasteiger partial charge in [0.05, 0.1) is 5.56 Å². The lowest BCUT2D eigenvalue weighted by Gasteiger charge is -2.12. The molecule has 3 heteroatoms. The van der Waals surface area contributed by atoms with Gasteiger partial charge in [-0.1, -0.05) is 12.1 Å². The van der Waals surface area contributed by atoms with E-state index in [0.717, 1.165) is 24.9 Å². The highest BCUT2D eigenvalue weighted by molar-refractivity contribution is 5.78. The predicted molar refractivity (Wildman–Crippen MR) is 51.8 cm³/mol. The van der Waals surface area contributed by atoms with Crippen LogP contribution < -0.4 is 5.32 Å². The number of carbonyl (C=O) groups is 1. The summed E-state index contributed by atoms with van der Waals surface area (Å²) < 4.78 is 13.2. The van der Waals surface area contributed by atoms with E-state index in [0.29, 0.717) is 6.29 Å². The van der Waals surface area contributed by atoms with Crippen molar-refractivity contribution in [3.05, 3.63) is 35.1 Å². The Balaban J connectivity index is 2.40. The molecule has 1 aliphatic heterocycles. The van der Waals surface area contributed by atoms with Gasteiger partial charge in [-0.15, -0.1) is 0 Å². The molecule has 0 bridgehead atoms. The largest absolute Gasteiger partial charge is 0.310 e. The first-order valence-electron chi connectivity index (χ1n) is 4.80. The minimum absolute atomic E-state index is 0.144. The topological polar surface area (TPSA) is 29.1 Å². The van der Waals surface area contributed by atoms with Gasteiger partial charge in [0.1, 0.15) is 5.82 Å². The van der Waals surface area contributed by atoms with Gasteiger partial charge in [-0.3, -0.25) is 4.79 Å². The van der Waals surface area contributed by atoms with Gasteiger partial charge in [0.2, 0.25) is 0 Å². The van der Waals surface area contributed by atoms with E-state index in [9.17, 15) is 9.18 Å². The third-order valence-electron chi connectivity index (χ3n) is 2.64. The number of halogens is 1. The summed E-state index contributed by atoms with van der Waals surface area (Å²) in [7, 11) is 0. The van der Waals surface area contributed by atoms with Crippen molar-refractivity contribution in [2.24, 2.45) is 0 Å². The van der Waals surface area contributed by atoms with Crippen LogP contribution in [0.5, 0.6) is 0 Å². The molecule has 74 valence electrons. The summed E-state index contributed by atoms with van der Waals surface area (Å²) in [6, 6.07) is 4.93. The second-order valence-electron chi connectivity index (χ2n) is 3.51. The Kier molecular flexibility index (Phi) is 2.59. The second-order valence-corrected chi connectivity index (χ2v) is 3.51. The predicted octanol–water partition coefficient (Wildman–Crippen LogP) is 2.06. The maximum atomic E-state index is 13.2. The Hall–Kier alpha value is -1.22. The summed E-state index contributed by atoms with van der Waals surface area (Å²) in [6.45, 7) is 0.944. The minimum Gasteiger partial charge on any atom is -0.310 e.